The Bertz CT molecular complexity index is 1050. The number of para-hydroxylation sites is 1. The molecule has 3 aromatic rings. The molecule has 3 heterocycles. The van der Waals surface area contributed by atoms with Gasteiger partial charge < -0.3 is 0 Å². The second-order valence-electron chi connectivity index (χ2n) is 6.69. The minimum absolute atomic E-state index is 0.107. The summed E-state index contributed by atoms with van der Waals surface area (Å²) in [5.74, 6) is 0. The van der Waals surface area contributed by atoms with E-state index in [2.05, 4.69) is 68.3 Å². The van der Waals surface area contributed by atoms with Gasteiger partial charge in [-0.2, -0.15) is 0 Å². The van der Waals surface area contributed by atoms with Gasteiger partial charge in [-0.15, -0.1) is 0 Å². The lowest BCUT2D eigenvalue weighted by Gasteiger charge is -2.30. The Morgan fingerprint density at radius 2 is 2.09 bits per heavy atom. The molecule has 0 radical (unpaired) electrons. The van der Waals surface area contributed by atoms with Gasteiger partial charge >= 0.3 is 0 Å². The molecule has 0 saturated heterocycles. The molecule has 1 aromatic carbocycles. The molecule has 0 atom stereocenters. The number of hydrogen-bond acceptors (Lipinski definition) is 1. The molecule has 0 aliphatic carbocycles. The molecule has 0 amide bonds. The highest BCUT2D eigenvalue weighted by Gasteiger charge is 2.31. The standard InChI is InChI=1S/C20H20N2/c1-5-8-15-14(6-2)19-21-12-17-20(3,4)11-13-9-7-10-16(15)18(13)22(17)19/h5-10,12H,1,11H2,2-4H3/b14-6+,15-8+. The molecule has 0 bridgehead atoms. The highest BCUT2D eigenvalue weighted by Crippen LogP contribution is 2.35. The minimum atomic E-state index is 0.107. The van der Waals surface area contributed by atoms with Crippen molar-refractivity contribution in [3.05, 3.63) is 58.7 Å². The maximum Gasteiger partial charge on any atom is 0.145 e. The fourth-order valence-corrected chi connectivity index (χ4v) is 3.88. The van der Waals surface area contributed by atoms with E-state index in [4.69, 9.17) is 4.98 Å². The first kappa shape index (κ1) is 13.3. The molecule has 0 spiro atoms. The van der Waals surface area contributed by atoms with Crippen molar-refractivity contribution in [2.24, 2.45) is 0 Å². The summed E-state index contributed by atoms with van der Waals surface area (Å²) >= 11 is 0. The van der Waals surface area contributed by atoms with Crippen molar-refractivity contribution < 1.29 is 0 Å². The van der Waals surface area contributed by atoms with Crippen LogP contribution in [0.1, 0.15) is 32.0 Å². The van der Waals surface area contributed by atoms with E-state index in [1.54, 1.807) is 0 Å². The molecule has 0 unspecified atom stereocenters. The highest BCUT2D eigenvalue weighted by atomic mass is 15.0. The molecule has 110 valence electrons. The zero-order valence-electron chi connectivity index (χ0n) is 13.4. The number of hydrogen-bond donors (Lipinski definition) is 0. The third-order valence-electron chi connectivity index (χ3n) is 4.83. The van der Waals surface area contributed by atoms with Gasteiger partial charge in [0.15, 0.2) is 0 Å². The van der Waals surface area contributed by atoms with E-state index in [1.165, 1.54) is 32.6 Å². The molecule has 2 aromatic heterocycles. The summed E-state index contributed by atoms with van der Waals surface area (Å²) < 4.78 is 2.37. The normalized spacial score (nSPS) is 17.8. The molecular weight excluding hydrogens is 268 g/mol. The monoisotopic (exact) mass is 288 g/mol. The molecule has 2 heteroatoms. The molecule has 2 nitrogen and oxygen atoms in total. The van der Waals surface area contributed by atoms with Crippen LogP contribution in [0.2, 0.25) is 0 Å². The van der Waals surface area contributed by atoms with E-state index < -0.39 is 0 Å². The van der Waals surface area contributed by atoms with Gasteiger partial charge in [-0.3, -0.25) is 4.40 Å². The number of pyridine rings is 1. The van der Waals surface area contributed by atoms with Crippen molar-refractivity contribution in [2.45, 2.75) is 32.6 Å². The average Bonchev–Trinajstić information content (AvgIpc) is 2.93. The summed E-state index contributed by atoms with van der Waals surface area (Å²) in [7, 11) is 0. The Morgan fingerprint density at radius 3 is 2.82 bits per heavy atom. The van der Waals surface area contributed by atoms with E-state index in [1.807, 2.05) is 6.08 Å². The lowest BCUT2D eigenvalue weighted by molar-refractivity contribution is 0.494. The number of aromatic nitrogens is 2. The van der Waals surface area contributed by atoms with Gasteiger partial charge in [-0.05, 0) is 24.1 Å². The third kappa shape index (κ3) is 1.52. The van der Waals surface area contributed by atoms with Gasteiger partial charge in [0.2, 0.25) is 0 Å². The van der Waals surface area contributed by atoms with Crippen molar-refractivity contribution >= 4 is 28.7 Å². The summed E-state index contributed by atoms with van der Waals surface area (Å²) in [6, 6.07) is 6.63. The molecule has 0 N–H and O–H groups in total. The first-order chi connectivity index (χ1) is 10.6. The topological polar surface area (TPSA) is 17.3 Å². The Balaban J connectivity index is 2.45. The van der Waals surface area contributed by atoms with Crippen LogP contribution in [0.5, 0.6) is 0 Å². The maximum absolute atomic E-state index is 4.76. The fraction of sp³-hybridized carbons (Fsp3) is 0.250. The molecule has 4 rings (SSSR count). The van der Waals surface area contributed by atoms with Crippen LogP contribution in [0, 0.1) is 0 Å². The Morgan fingerprint density at radius 1 is 1.27 bits per heavy atom. The Hall–Kier alpha value is -2.35. The predicted octanol–water partition coefficient (Wildman–Crippen LogP) is 3.09. The first-order valence-electron chi connectivity index (χ1n) is 7.79. The van der Waals surface area contributed by atoms with E-state index in [0.717, 1.165) is 12.1 Å². The zero-order valence-corrected chi connectivity index (χ0v) is 13.4. The van der Waals surface area contributed by atoms with Crippen LogP contribution in [-0.2, 0) is 11.8 Å². The molecule has 1 aliphatic rings. The van der Waals surface area contributed by atoms with E-state index in [0.29, 0.717) is 0 Å². The molecule has 0 saturated carbocycles. The van der Waals surface area contributed by atoms with Crippen LogP contribution in [-0.4, -0.2) is 9.38 Å². The second-order valence-corrected chi connectivity index (χ2v) is 6.69. The highest BCUT2D eigenvalue weighted by molar-refractivity contribution is 5.88. The number of nitrogens with zero attached hydrogens (tertiary/aromatic N) is 2. The Kier molecular flexibility index (Phi) is 2.62. The predicted molar refractivity (Wildman–Crippen MR) is 93.5 cm³/mol. The average molecular weight is 288 g/mol. The van der Waals surface area contributed by atoms with Gasteiger partial charge in [-0.1, -0.05) is 56.9 Å². The van der Waals surface area contributed by atoms with Crippen molar-refractivity contribution in [1.29, 1.82) is 0 Å². The quantitative estimate of drug-likeness (QED) is 0.672. The summed E-state index contributed by atoms with van der Waals surface area (Å²) in [6.45, 7) is 10.6. The van der Waals surface area contributed by atoms with E-state index in [9.17, 15) is 0 Å². The largest absolute Gasteiger partial charge is 0.295 e. The van der Waals surface area contributed by atoms with Crippen LogP contribution in [0.25, 0.3) is 28.7 Å². The van der Waals surface area contributed by atoms with Gasteiger partial charge in [0.25, 0.3) is 0 Å². The summed E-state index contributed by atoms with van der Waals surface area (Å²) in [5.41, 5.74) is 5.18. The summed E-state index contributed by atoms with van der Waals surface area (Å²) in [5, 5.41) is 3.69. The van der Waals surface area contributed by atoms with Crippen molar-refractivity contribution in [2.75, 3.05) is 0 Å². The van der Waals surface area contributed by atoms with Gasteiger partial charge in [0.1, 0.15) is 5.65 Å². The van der Waals surface area contributed by atoms with Gasteiger partial charge in [-0.25, -0.2) is 4.98 Å². The zero-order chi connectivity index (χ0) is 15.5. The van der Waals surface area contributed by atoms with Crippen LogP contribution < -0.4 is 10.4 Å². The van der Waals surface area contributed by atoms with Crippen LogP contribution in [0.15, 0.2) is 37.1 Å². The maximum atomic E-state index is 4.76. The van der Waals surface area contributed by atoms with E-state index >= 15 is 0 Å². The third-order valence-corrected chi connectivity index (χ3v) is 4.83. The van der Waals surface area contributed by atoms with Gasteiger partial charge in [0, 0.05) is 27.9 Å². The SMILES string of the molecule is C=C/C=c1\c(=C/C)c2ncc3n2c2c(cccc12)CC3(C)C. The van der Waals surface area contributed by atoms with Crippen LogP contribution in [0.4, 0.5) is 0 Å². The van der Waals surface area contributed by atoms with Crippen LogP contribution >= 0.6 is 0 Å². The molecular formula is C20H20N2. The number of benzene rings is 1. The fourth-order valence-electron chi connectivity index (χ4n) is 3.88. The van der Waals surface area contributed by atoms with Crippen molar-refractivity contribution in [1.82, 2.24) is 9.38 Å². The number of imidazole rings is 1. The smallest absolute Gasteiger partial charge is 0.145 e. The second kappa shape index (κ2) is 4.33. The summed E-state index contributed by atoms with van der Waals surface area (Å²) in [6.07, 6.45) is 9.22. The summed E-state index contributed by atoms with van der Waals surface area (Å²) in [4.78, 5) is 4.76. The van der Waals surface area contributed by atoms with E-state index in [-0.39, 0.29) is 5.41 Å². The van der Waals surface area contributed by atoms with Crippen molar-refractivity contribution in [3.63, 3.8) is 0 Å². The first-order valence-corrected chi connectivity index (χ1v) is 7.79. The van der Waals surface area contributed by atoms with Gasteiger partial charge in [0.05, 0.1) is 5.52 Å². The number of allylic oxidation sites excluding steroid dienone is 1. The molecule has 0 fully saturated rings. The lowest BCUT2D eigenvalue weighted by atomic mass is 9.80. The lowest BCUT2D eigenvalue weighted by Crippen LogP contribution is -2.33. The minimum Gasteiger partial charge on any atom is -0.295 e. The molecule has 1 aliphatic heterocycles. The molecule has 22 heavy (non-hydrogen) atoms. The Labute approximate surface area is 130 Å². The van der Waals surface area contributed by atoms with Crippen LogP contribution in [0.3, 0.4) is 0 Å². The van der Waals surface area contributed by atoms with Crippen molar-refractivity contribution in [3.8, 4) is 0 Å². The number of rotatable bonds is 1.